The van der Waals surface area contributed by atoms with Gasteiger partial charge >= 0.3 is 0 Å². The zero-order valence-corrected chi connectivity index (χ0v) is 13.0. The maximum Gasteiger partial charge on any atom is 0.223 e. The van der Waals surface area contributed by atoms with Crippen LogP contribution in [0.25, 0.3) is 33.3 Å². The molecule has 0 fully saturated rings. The van der Waals surface area contributed by atoms with Gasteiger partial charge in [-0.2, -0.15) is 0 Å². The lowest BCUT2D eigenvalue weighted by atomic mass is 10.1. The highest BCUT2D eigenvalue weighted by Gasteiger charge is 2.17. The van der Waals surface area contributed by atoms with E-state index in [0.717, 1.165) is 26.5 Å². The van der Waals surface area contributed by atoms with Crippen molar-refractivity contribution in [1.82, 2.24) is 9.97 Å². The fourth-order valence-corrected chi connectivity index (χ4v) is 3.04. The van der Waals surface area contributed by atoms with E-state index in [1.807, 2.05) is 48.5 Å². The number of rotatable bonds is 1. The van der Waals surface area contributed by atoms with Gasteiger partial charge in [-0.3, -0.25) is 0 Å². The number of fused-ring (bicyclic) bond motifs is 3. The van der Waals surface area contributed by atoms with Crippen LogP contribution in [-0.4, -0.2) is 9.97 Å². The van der Waals surface area contributed by atoms with Crippen molar-refractivity contribution < 1.29 is 4.42 Å². The Bertz CT molecular complexity index is 981. The van der Waals surface area contributed by atoms with Crippen molar-refractivity contribution in [2.45, 2.75) is 0 Å². The lowest BCUT2D eigenvalue weighted by Crippen LogP contribution is -1.90. The largest absolute Gasteiger partial charge is 0.452 e. The van der Waals surface area contributed by atoms with E-state index >= 15 is 0 Å². The Morgan fingerprint density at radius 1 is 0.952 bits per heavy atom. The molecule has 0 spiro atoms. The molecule has 0 saturated heterocycles. The maximum atomic E-state index is 6.10. The standard InChI is InChI=1S/C16H8BrClN2O/c17-11-7-3-1-5-9(11)13-15-14(20-16(18)19-13)10-6-2-4-8-12(10)21-15/h1-8H. The van der Waals surface area contributed by atoms with Crippen LogP contribution < -0.4 is 0 Å². The van der Waals surface area contributed by atoms with E-state index in [9.17, 15) is 0 Å². The molecule has 0 amide bonds. The third-order valence-electron chi connectivity index (χ3n) is 3.32. The third-order valence-corrected chi connectivity index (χ3v) is 4.18. The second-order valence-electron chi connectivity index (χ2n) is 4.60. The molecule has 5 heteroatoms. The minimum Gasteiger partial charge on any atom is -0.452 e. The zero-order valence-electron chi connectivity index (χ0n) is 10.7. The molecule has 0 atom stereocenters. The van der Waals surface area contributed by atoms with Gasteiger partial charge in [0.25, 0.3) is 0 Å². The predicted molar refractivity (Wildman–Crippen MR) is 87.5 cm³/mol. The molecule has 0 aliphatic rings. The molecule has 102 valence electrons. The molecular formula is C16H8BrClN2O. The van der Waals surface area contributed by atoms with Crippen LogP contribution in [0, 0.1) is 0 Å². The van der Waals surface area contributed by atoms with Gasteiger partial charge in [-0.1, -0.05) is 46.3 Å². The monoisotopic (exact) mass is 358 g/mol. The van der Waals surface area contributed by atoms with Crippen molar-refractivity contribution >= 4 is 49.6 Å². The third kappa shape index (κ3) is 2.03. The zero-order chi connectivity index (χ0) is 14.4. The molecule has 4 rings (SSSR count). The van der Waals surface area contributed by atoms with E-state index in [0.29, 0.717) is 11.3 Å². The van der Waals surface area contributed by atoms with E-state index in [-0.39, 0.29) is 5.28 Å². The van der Waals surface area contributed by atoms with Crippen molar-refractivity contribution in [3.63, 3.8) is 0 Å². The molecule has 0 aliphatic carbocycles. The summed E-state index contributed by atoms with van der Waals surface area (Å²) in [5.41, 5.74) is 3.76. The Kier molecular flexibility index (Phi) is 2.94. The van der Waals surface area contributed by atoms with Gasteiger partial charge < -0.3 is 4.42 Å². The van der Waals surface area contributed by atoms with E-state index in [1.165, 1.54) is 0 Å². The summed E-state index contributed by atoms with van der Waals surface area (Å²) in [5, 5.41) is 1.14. The number of aromatic nitrogens is 2. The number of furan rings is 1. The summed E-state index contributed by atoms with van der Waals surface area (Å²) in [6.07, 6.45) is 0. The normalized spacial score (nSPS) is 11.3. The van der Waals surface area contributed by atoms with Gasteiger partial charge in [0.05, 0.1) is 0 Å². The van der Waals surface area contributed by atoms with Crippen molar-refractivity contribution in [3.8, 4) is 11.3 Å². The number of hydrogen-bond acceptors (Lipinski definition) is 3. The Morgan fingerprint density at radius 3 is 2.57 bits per heavy atom. The van der Waals surface area contributed by atoms with Crippen molar-refractivity contribution in [2.24, 2.45) is 0 Å². The van der Waals surface area contributed by atoms with Gasteiger partial charge in [-0.05, 0) is 29.8 Å². The first kappa shape index (κ1) is 12.8. The molecule has 0 aliphatic heterocycles. The van der Waals surface area contributed by atoms with Gasteiger partial charge in [0.1, 0.15) is 16.8 Å². The number of benzene rings is 2. The van der Waals surface area contributed by atoms with Crippen molar-refractivity contribution in [2.75, 3.05) is 0 Å². The van der Waals surface area contributed by atoms with Crippen LogP contribution in [0.15, 0.2) is 57.4 Å². The number of hydrogen-bond donors (Lipinski definition) is 0. The molecule has 2 aromatic heterocycles. The van der Waals surface area contributed by atoms with Gasteiger partial charge in [0.15, 0.2) is 5.58 Å². The Labute approximate surface area is 133 Å². The van der Waals surface area contributed by atoms with Crippen LogP contribution in [0.4, 0.5) is 0 Å². The molecule has 3 nitrogen and oxygen atoms in total. The fraction of sp³-hybridized carbons (Fsp3) is 0. The van der Waals surface area contributed by atoms with Gasteiger partial charge in [-0.15, -0.1) is 0 Å². The lowest BCUT2D eigenvalue weighted by molar-refractivity contribution is 0.667. The molecule has 4 aromatic rings. The molecule has 21 heavy (non-hydrogen) atoms. The van der Waals surface area contributed by atoms with Crippen LogP contribution >= 0.6 is 27.5 Å². The van der Waals surface area contributed by atoms with Crippen LogP contribution in [-0.2, 0) is 0 Å². The van der Waals surface area contributed by atoms with E-state index in [4.69, 9.17) is 16.0 Å². The Hall–Kier alpha value is -1.91. The Morgan fingerprint density at radius 2 is 1.71 bits per heavy atom. The van der Waals surface area contributed by atoms with Gasteiger partial charge in [0, 0.05) is 15.4 Å². The minimum absolute atomic E-state index is 0.208. The first-order chi connectivity index (χ1) is 10.2. The summed E-state index contributed by atoms with van der Waals surface area (Å²) in [5.74, 6) is 0. The highest BCUT2D eigenvalue weighted by molar-refractivity contribution is 9.10. The summed E-state index contributed by atoms with van der Waals surface area (Å²) in [7, 11) is 0. The van der Waals surface area contributed by atoms with Crippen molar-refractivity contribution in [3.05, 3.63) is 58.3 Å². The second-order valence-corrected chi connectivity index (χ2v) is 5.79. The first-order valence-corrected chi connectivity index (χ1v) is 7.51. The Balaban J connectivity index is 2.17. The van der Waals surface area contributed by atoms with Crippen molar-refractivity contribution in [1.29, 1.82) is 0 Å². The highest BCUT2D eigenvalue weighted by atomic mass is 79.9. The molecule has 2 heterocycles. The van der Waals surface area contributed by atoms with E-state index in [2.05, 4.69) is 25.9 Å². The number of nitrogens with zero attached hydrogens (tertiary/aromatic N) is 2. The minimum atomic E-state index is 0.208. The molecule has 2 aromatic carbocycles. The smallest absolute Gasteiger partial charge is 0.223 e. The summed E-state index contributed by atoms with van der Waals surface area (Å²) in [6, 6.07) is 15.6. The summed E-state index contributed by atoms with van der Waals surface area (Å²) in [4.78, 5) is 8.68. The first-order valence-electron chi connectivity index (χ1n) is 6.34. The maximum absolute atomic E-state index is 6.10. The van der Waals surface area contributed by atoms with E-state index < -0.39 is 0 Å². The highest BCUT2D eigenvalue weighted by Crippen LogP contribution is 2.36. The average Bonchev–Trinajstić information content (AvgIpc) is 2.86. The molecular weight excluding hydrogens is 352 g/mol. The lowest BCUT2D eigenvalue weighted by Gasteiger charge is -2.04. The summed E-state index contributed by atoms with van der Waals surface area (Å²) >= 11 is 9.65. The van der Waals surface area contributed by atoms with E-state index in [1.54, 1.807) is 0 Å². The summed E-state index contributed by atoms with van der Waals surface area (Å²) < 4.78 is 6.88. The van der Waals surface area contributed by atoms with Crippen LogP contribution in [0.3, 0.4) is 0 Å². The number of para-hydroxylation sites is 1. The SMILES string of the molecule is Clc1nc(-c2ccccc2Br)c2oc3ccccc3c2n1. The summed E-state index contributed by atoms with van der Waals surface area (Å²) in [6.45, 7) is 0. The average molecular weight is 360 g/mol. The molecule has 0 N–H and O–H groups in total. The van der Waals surface area contributed by atoms with Gasteiger partial charge in [0.2, 0.25) is 5.28 Å². The molecule has 0 radical (unpaired) electrons. The van der Waals surface area contributed by atoms with Crippen LogP contribution in [0.1, 0.15) is 0 Å². The molecule has 0 saturated carbocycles. The predicted octanol–water partition coefficient (Wildman–Crippen LogP) is 5.46. The molecule has 0 bridgehead atoms. The fourth-order valence-electron chi connectivity index (χ4n) is 2.40. The second kappa shape index (κ2) is 4.83. The number of halogens is 2. The molecule has 0 unspecified atom stereocenters. The van der Waals surface area contributed by atoms with Gasteiger partial charge in [-0.25, -0.2) is 9.97 Å². The topological polar surface area (TPSA) is 38.9 Å². The van der Waals surface area contributed by atoms with Crippen LogP contribution in [0.5, 0.6) is 0 Å². The van der Waals surface area contributed by atoms with Crippen LogP contribution in [0.2, 0.25) is 5.28 Å². The quantitative estimate of drug-likeness (QED) is 0.424.